The molecule has 0 spiro atoms. The minimum absolute atomic E-state index is 0.381. The molecule has 278 valence electrons. The van der Waals surface area contributed by atoms with Gasteiger partial charge >= 0.3 is 0 Å². The Balaban J connectivity index is 1.52. The third-order valence-electron chi connectivity index (χ3n) is 10.8. The average Bonchev–Trinajstić information content (AvgIpc) is 3.99. The van der Waals surface area contributed by atoms with Crippen LogP contribution in [0.1, 0.15) is 69.4 Å². The van der Waals surface area contributed by atoms with Gasteiger partial charge in [0.05, 0.1) is 22.8 Å². The summed E-state index contributed by atoms with van der Waals surface area (Å²) in [6, 6.07) is 40.4. The van der Waals surface area contributed by atoms with Crippen molar-refractivity contribution in [2.75, 3.05) is 0 Å². The molecule has 0 unspecified atom stereocenters. The number of benzene rings is 4. The second-order valence-electron chi connectivity index (χ2n) is 14.8. The van der Waals surface area contributed by atoms with Crippen molar-refractivity contribution in [3.8, 4) is 44.5 Å². The van der Waals surface area contributed by atoms with E-state index in [2.05, 4.69) is 0 Å². The van der Waals surface area contributed by atoms with Crippen LogP contribution < -0.4 is 0 Å². The second-order valence-corrected chi connectivity index (χ2v) is 17.0. The molecule has 0 aliphatic carbocycles. The number of hydrogen-bond acceptors (Lipinski definition) is 8. The molecule has 4 aromatic carbocycles. The molecule has 5 heterocycles. The van der Waals surface area contributed by atoms with Crippen LogP contribution in [0, 0.1) is 27.7 Å². The second kappa shape index (κ2) is 14.3. The van der Waals surface area contributed by atoms with Gasteiger partial charge in [0.15, 0.2) is 0 Å². The molecular weight excluding hydrogens is 733 g/mol. The molecule has 0 saturated carbocycles. The van der Waals surface area contributed by atoms with Crippen LogP contribution in [-0.4, -0.2) is 30.4 Å². The van der Waals surface area contributed by atoms with Crippen molar-refractivity contribution in [1.82, 2.24) is 9.97 Å². The van der Waals surface area contributed by atoms with Crippen molar-refractivity contribution in [2.45, 2.75) is 52.1 Å². The maximum atomic E-state index is 12.0. The molecule has 2 aliphatic rings. The molecule has 2 aliphatic heterocycles. The Hall–Kier alpha value is -5.32. The molecular formula is C48H40N2O4S2. The monoisotopic (exact) mass is 772 g/mol. The first-order valence-electron chi connectivity index (χ1n) is 18.7. The number of fused-ring (bicyclic) bond motifs is 8. The van der Waals surface area contributed by atoms with E-state index in [0.29, 0.717) is 45.0 Å². The summed E-state index contributed by atoms with van der Waals surface area (Å²) in [7, 11) is 0. The fourth-order valence-corrected chi connectivity index (χ4v) is 10.0. The average molecular weight is 773 g/mol. The van der Waals surface area contributed by atoms with Gasteiger partial charge in [0, 0.05) is 41.1 Å². The molecule has 8 heteroatoms. The van der Waals surface area contributed by atoms with E-state index < -0.39 is 24.4 Å². The molecule has 0 saturated heterocycles. The molecule has 4 atom stereocenters. The normalized spacial score (nSPS) is 18.0. The molecule has 0 fully saturated rings. The smallest absolute Gasteiger partial charge is 0.128 e. The summed E-state index contributed by atoms with van der Waals surface area (Å²) >= 11 is 2.99. The first-order valence-corrected chi connectivity index (χ1v) is 20.3. The van der Waals surface area contributed by atoms with E-state index in [1.807, 2.05) is 149 Å². The van der Waals surface area contributed by atoms with Gasteiger partial charge in [-0.05, 0) is 74.2 Å². The van der Waals surface area contributed by atoms with Crippen molar-refractivity contribution in [3.63, 3.8) is 0 Å². The summed E-state index contributed by atoms with van der Waals surface area (Å²) in [4.78, 5) is 10.4. The fourth-order valence-electron chi connectivity index (χ4n) is 7.70. The number of nitrogens with zero attached hydrogens (tertiary/aromatic N) is 2. The molecule has 6 nitrogen and oxygen atoms in total. The number of aryl methyl sites for hydroxylation is 4. The minimum atomic E-state index is -1.30. The lowest BCUT2D eigenvalue weighted by atomic mass is 9.97. The zero-order chi connectivity index (χ0) is 38.8. The molecule has 9 rings (SSSR count). The largest absolute Gasteiger partial charge is 0.384 e. The van der Waals surface area contributed by atoms with Crippen molar-refractivity contribution in [3.05, 3.63) is 166 Å². The number of aliphatic hydroxyl groups excluding tert-OH is 4. The van der Waals surface area contributed by atoms with Gasteiger partial charge in [-0.25, -0.2) is 0 Å². The van der Waals surface area contributed by atoms with Gasteiger partial charge in [0.25, 0.3) is 0 Å². The molecule has 7 aromatic rings. The molecule has 56 heavy (non-hydrogen) atoms. The summed E-state index contributed by atoms with van der Waals surface area (Å²) < 4.78 is 3.30. The lowest BCUT2D eigenvalue weighted by Crippen LogP contribution is -2.05. The first kappa shape index (κ1) is 36.3. The predicted molar refractivity (Wildman–Crippen MR) is 229 cm³/mol. The predicted octanol–water partition coefficient (Wildman–Crippen LogP) is 11.2. The van der Waals surface area contributed by atoms with Gasteiger partial charge in [-0.1, -0.05) is 119 Å². The summed E-state index contributed by atoms with van der Waals surface area (Å²) in [5.74, 6) is 0. The topological polar surface area (TPSA) is 107 Å². The van der Waals surface area contributed by atoms with Crippen molar-refractivity contribution < 1.29 is 20.4 Å². The lowest BCUT2D eigenvalue weighted by Gasteiger charge is -2.14. The molecule has 8 bridgehead atoms. The molecule has 3 aromatic heterocycles. The number of hydrogen-bond donors (Lipinski definition) is 4. The number of aliphatic hydroxyl groups is 4. The summed E-state index contributed by atoms with van der Waals surface area (Å²) in [5, 5.41) is 48.1. The van der Waals surface area contributed by atoms with Crippen LogP contribution in [0.5, 0.6) is 0 Å². The van der Waals surface area contributed by atoms with Crippen LogP contribution in [0.3, 0.4) is 0 Å². The van der Waals surface area contributed by atoms with Gasteiger partial charge < -0.3 is 20.4 Å². The Bertz CT molecular complexity index is 2410. The Morgan fingerprint density at radius 3 is 0.714 bits per heavy atom. The minimum Gasteiger partial charge on any atom is -0.384 e. The highest BCUT2D eigenvalue weighted by atomic mass is 32.1. The number of thiophene rings is 2. The highest BCUT2D eigenvalue weighted by Gasteiger charge is 2.36. The third kappa shape index (κ3) is 6.29. The summed E-state index contributed by atoms with van der Waals surface area (Å²) in [5.41, 5.74) is 12.2. The summed E-state index contributed by atoms with van der Waals surface area (Å²) in [6.07, 6.45) is -5.20. The first-order chi connectivity index (χ1) is 27.0. The van der Waals surface area contributed by atoms with Crippen molar-refractivity contribution in [2.24, 2.45) is 0 Å². The summed E-state index contributed by atoms with van der Waals surface area (Å²) in [6.45, 7) is 8.13. The van der Waals surface area contributed by atoms with E-state index in [4.69, 9.17) is 9.97 Å². The third-order valence-corrected chi connectivity index (χ3v) is 13.0. The van der Waals surface area contributed by atoms with Crippen molar-refractivity contribution >= 4 is 41.5 Å². The fraction of sp³-hybridized carbons (Fsp3) is 0.167. The van der Waals surface area contributed by atoms with E-state index in [-0.39, 0.29) is 0 Å². The molecule has 4 N–H and O–H groups in total. The maximum absolute atomic E-state index is 12.0. The molecule has 0 amide bonds. The highest BCUT2D eigenvalue weighted by molar-refractivity contribution is 7.24. The van der Waals surface area contributed by atoms with E-state index in [0.717, 1.165) is 63.3 Å². The van der Waals surface area contributed by atoms with Gasteiger partial charge in [-0.3, -0.25) is 9.97 Å². The number of aromatic nitrogens is 2. The van der Waals surface area contributed by atoms with Gasteiger partial charge in [0.2, 0.25) is 0 Å². The zero-order valence-electron chi connectivity index (χ0n) is 31.4. The Labute approximate surface area is 333 Å². The van der Waals surface area contributed by atoms with E-state index >= 15 is 0 Å². The van der Waals surface area contributed by atoms with Crippen LogP contribution >= 0.6 is 22.7 Å². The zero-order valence-corrected chi connectivity index (χ0v) is 33.0. The quantitative estimate of drug-likeness (QED) is 0.142. The van der Waals surface area contributed by atoms with Crippen LogP contribution in [0.2, 0.25) is 0 Å². The number of rotatable bonds is 4. The van der Waals surface area contributed by atoms with Gasteiger partial charge in [-0.2, -0.15) is 0 Å². The Morgan fingerprint density at radius 1 is 0.321 bits per heavy atom. The lowest BCUT2D eigenvalue weighted by molar-refractivity contribution is 0.0260. The highest BCUT2D eigenvalue weighted by Crippen LogP contribution is 2.49. The van der Waals surface area contributed by atoms with Crippen LogP contribution in [-0.2, 0) is 0 Å². The maximum Gasteiger partial charge on any atom is 0.128 e. The Kier molecular flexibility index (Phi) is 9.29. The van der Waals surface area contributed by atoms with E-state index in [1.54, 1.807) is 0 Å². The Morgan fingerprint density at radius 2 is 0.518 bits per heavy atom. The van der Waals surface area contributed by atoms with E-state index in [1.165, 1.54) is 22.7 Å². The van der Waals surface area contributed by atoms with Gasteiger partial charge in [0.1, 0.15) is 24.4 Å². The standard InChI is InChI=1S/C48H40N2O4S2/c1-25-5-13-29(14-6-25)37-33-21-22-34(55-33)38(30-15-7-26(2)8-16-30)43-47(53)48(54)44(50-43)40(32-19-11-28(4)12-20-32)36-24-23-35(56-36)39(31-17-9-27(3)10-18-31)42-46(52)45(51)41(37)49-42/h5-24,45-48,51-54H,1-4H3/t45-,46+,47-,48+. The van der Waals surface area contributed by atoms with Crippen LogP contribution in [0.25, 0.3) is 63.3 Å². The van der Waals surface area contributed by atoms with Crippen LogP contribution in [0.15, 0.2) is 121 Å². The van der Waals surface area contributed by atoms with Crippen molar-refractivity contribution in [1.29, 1.82) is 0 Å². The SMILES string of the molecule is Cc1ccc(-c2c3nc(c(-c4ccc(C)cc4)c4ccc(s4)c(-c4ccc(C)cc4)c4nc(c(-c5ccc(C)cc5)c5ccc2s5)[C@@H](O)[C@H]4O)[C@H](O)[C@@H]3O)cc1. The van der Waals surface area contributed by atoms with Gasteiger partial charge in [-0.15, -0.1) is 22.7 Å². The van der Waals surface area contributed by atoms with E-state index in [9.17, 15) is 20.4 Å². The van der Waals surface area contributed by atoms with Crippen LogP contribution in [0.4, 0.5) is 0 Å². The molecule has 0 radical (unpaired) electrons.